The molecule has 0 aliphatic carbocycles. The molecule has 1 unspecified atom stereocenters. The van der Waals surface area contributed by atoms with Crippen molar-refractivity contribution in [2.45, 2.75) is 31.2 Å². The first-order chi connectivity index (χ1) is 11.1. The quantitative estimate of drug-likeness (QED) is 0.873. The summed E-state index contributed by atoms with van der Waals surface area (Å²) in [5.41, 5.74) is 1.06. The van der Waals surface area contributed by atoms with Gasteiger partial charge in [0.05, 0.1) is 12.1 Å². The fraction of sp³-hybridized carbons (Fsp3) is 0.444. The van der Waals surface area contributed by atoms with Gasteiger partial charge in [-0.15, -0.1) is 0 Å². The van der Waals surface area contributed by atoms with Gasteiger partial charge in [0, 0.05) is 24.4 Å². The van der Waals surface area contributed by atoms with Crippen molar-refractivity contribution in [3.8, 4) is 0 Å². The highest BCUT2D eigenvalue weighted by Gasteiger charge is 2.44. The highest BCUT2D eigenvalue weighted by Crippen LogP contribution is 2.37. The van der Waals surface area contributed by atoms with Crippen LogP contribution in [0.3, 0.4) is 0 Å². The van der Waals surface area contributed by atoms with Gasteiger partial charge >= 0.3 is 0 Å². The van der Waals surface area contributed by atoms with Crippen LogP contribution in [0.15, 0.2) is 36.9 Å². The first-order valence-electron chi connectivity index (χ1n) is 8.08. The van der Waals surface area contributed by atoms with Gasteiger partial charge in [0.15, 0.2) is 0 Å². The van der Waals surface area contributed by atoms with E-state index in [1.165, 1.54) is 6.08 Å². The van der Waals surface area contributed by atoms with Crippen LogP contribution in [0.4, 0.5) is 5.69 Å². The molecular weight excluding hydrogens is 292 g/mol. The molecule has 2 heterocycles. The summed E-state index contributed by atoms with van der Waals surface area (Å²) in [5, 5.41) is 2.70. The lowest BCUT2D eigenvalue weighted by Gasteiger charge is -2.41. The number of hydrogen-bond acceptors (Lipinski definition) is 3. The first-order valence-corrected chi connectivity index (χ1v) is 8.08. The molecule has 1 aromatic carbocycles. The minimum absolute atomic E-state index is 0.0164. The van der Waals surface area contributed by atoms with E-state index in [1.807, 2.05) is 4.90 Å². The molecule has 1 atom stereocenters. The summed E-state index contributed by atoms with van der Waals surface area (Å²) in [5.74, 6) is -0.268. The maximum atomic E-state index is 13.0. The second kappa shape index (κ2) is 6.54. The van der Waals surface area contributed by atoms with E-state index in [4.69, 9.17) is 4.74 Å². The van der Waals surface area contributed by atoms with Crippen molar-refractivity contribution in [2.75, 3.05) is 25.1 Å². The maximum Gasteiger partial charge on any atom is 0.254 e. The molecule has 5 heteroatoms. The van der Waals surface area contributed by atoms with E-state index in [9.17, 15) is 9.59 Å². The van der Waals surface area contributed by atoms with Crippen molar-refractivity contribution in [2.24, 2.45) is 0 Å². The van der Waals surface area contributed by atoms with Crippen molar-refractivity contribution < 1.29 is 14.3 Å². The zero-order chi connectivity index (χ0) is 16.3. The number of ether oxygens (including phenoxy) is 1. The van der Waals surface area contributed by atoms with Crippen LogP contribution in [0.5, 0.6) is 0 Å². The van der Waals surface area contributed by atoms with Gasteiger partial charge in [-0.2, -0.15) is 0 Å². The second-order valence-electron chi connectivity index (χ2n) is 6.22. The van der Waals surface area contributed by atoms with Crippen LogP contribution in [0, 0.1) is 0 Å². The smallest absolute Gasteiger partial charge is 0.254 e. The Morgan fingerprint density at radius 2 is 2.13 bits per heavy atom. The fourth-order valence-electron chi connectivity index (χ4n) is 3.58. The number of likely N-dealkylation sites (tertiary alicyclic amines) is 1. The number of nitrogens with zero attached hydrogens (tertiary/aromatic N) is 1. The minimum Gasteiger partial charge on any atom is -0.379 e. The molecule has 23 heavy (non-hydrogen) atoms. The number of carbonyl (C=O) groups excluding carboxylic acids is 2. The predicted molar refractivity (Wildman–Crippen MR) is 88.3 cm³/mol. The van der Waals surface area contributed by atoms with Crippen LogP contribution in [-0.2, 0) is 9.53 Å². The first kappa shape index (κ1) is 15.7. The molecule has 122 valence electrons. The molecule has 5 nitrogen and oxygen atoms in total. The highest BCUT2D eigenvalue weighted by molar-refractivity contribution is 6.01. The SMILES string of the molecule is C=CC(=O)Nc1cccc(C(=O)N2CCCC23CCCOC3)c1. The largest absolute Gasteiger partial charge is 0.379 e. The van der Waals surface area contributed by atoms with E-state index < -0.39 is 0 Å². The van der Waals surface area contributed by atoms with E-state index in [1.54, 1.807) is 24.3 Å². The van der Waals surface area contributed by atoms with Gasteiger partial charge in [-0.1, -0.05) is 12.6 Å². The summed E-state index contributed by atoms with van der Waals surface area (Å²) in [6.45, 7) is 5.62. The monoisotopic (exact) mass is 314 g/mol. The predicted octanol–water partition coefficient (Wildman–Crippen LogP) is 2.60. The summed E-state index contributed by atoms with van der Waals surface area (Å²) in [6.07, 6.45) is 5.24. The van der Waals surface area contributed by atoms with Crippen LogP contribution >= 0.6 is 0 Å². The van der Waals surface area contributed by atoms with Crippen LogP contribution in [0.1, 0.15) is 36.0 Å². The van der Waals surface area contributed by atoms with Crippen LogP contribution < -0.4 is 5.32 Å². The van der Waals surface area contributed by atoms with Gasteiger partial charge in [0.1, 0.15) is 0 Å². The second-order valence-corrected chi connectivity index (χ2v) is 6.22. The van der Waals surface area contributed by atoms with Crippen molar-refractivity contribution in [3.05, 3.63) is 42.5 Å². The Morgan fingerprint density at radius 3 is 2.87 bits per heavy atom. The van der Waals surface area contributed by atoms with E-state index in [-0.39, 0.29) is 17.4 Å². The lowest BCUT2D eigenvalue weighted by Crippen LogP contribution is -2.52. The molecule has 0 aromatic heterocycles. The fourth-order valence-corrected chi connectivity index (χ4v) is 3.58. The zero-order valence-corrected chi connectivity index (χ0v) is 13.2. The number of amides is 2. The van der Waals surface area contributed by atoms with Crippen LogP contribution in [0.25, 0.3) is 0 Å². The third kappa shape index (κ3) is 3.15. The van der Waals surface area contributed by atoms with Crippen molar-refractivity contribution in [1.82, 2.24) is 4.90 Å². The van der Waals surface area contributed by atoms with Crippen LogP contribution in [0.2, 0.25) is 0 Å². The lowest BCUT2D eigenvalue weighted by atomic mass is 9.89. The summed E-state index contributed by atoms with van der Waals surface area (Å²) in [7, 11) is 0. The van der Waals surface area contributed by atoms with E-state index in [2.05, 4.69) is 11.9 Å². The van der Waals surface area contributed by atoms with Crippen molar-refractivity contribution >= 4 is 17.5 Å². The van der Waals surface area contributed by atoms with Gasteiger partial charge in [0.2, 0.25) is 5.91 Å². The molecular formula is C18H22N2O3. The molecule has 2 aliphatic heterocycles. The van der Waals surface area contributed by atoms with Gasteiger partial charge in [-0.3, -0.25) is 9.59 Å². The molecule has 3 rings (SSSR count). The molecule has 0 radical (unpaired) electrons. The Kier molecular flexibility index (Phi) is 4.48. The number of rotatable bonds is 3. The number of carbonyl (C=O) groups is 2. The van der Waals surface area contributed by atoms with Gasteiger partial charge in [-0.05, 0) is 50.0 Å². The molecule has 2 fully saturated rings. The van der Waals surface area contributed by atoms with Crippen molar-refractivity contribution in [3.63, 3.8) is 0 Å². The lowest BCUT2D eigenvalue weighted by molar-refractivity contribution is -0.111. The molecule has 1 aromatic rings. The molecule has 2 aliphatic rings. The molecule has 0 saturated carbocycles. The van der Waals surface area contributed by atoms with Gasteiger partial charge in [0.25, 0.3) is 5.91 Å². The maximum absolute atomic E-state index is 13.0. The standard InChI is InChI=1S/C18H22N2O3/c1-2-16(21)19-15-7-3-6-14(12-15)17(22)20-10-4-8-18(20)9-5-11-23-13-18/h2-3,6-7,12H,1,4-5,8-11,13H2,(H,19,21). The summed E-state index contributed by atoms with van der Waals surface area (Å²) in [4.78, 5) is 26.4. The number of nitrogens with one attached hydrogen (secondary N) is 1. The zero-order valence-electron chi connectivity index (χ0n) is 13.2. The molecule has 2 amide bonds. The third-order valence-corrected chi connectivity index (χ3v) is 4.71. The Morgan fingerprint density at radius 1 is 1.30 bits per heavy atom. The minimum atomic E-state index is -0.284. The average molecular weight is 314 g/mol. The normalized spacial score (nSPS) is 23.7. The number of hydrogen-bond donors (Lipinski definition) is 1. The molecule has 1 N–H and O–H groups in total. The Hall–Kier alpha value is -2.14. The van der Waals surface area contributed by atoms with E-state index >= 15 is 0 Å². The Bertz CT molecular complexity index is 620. The molecule has 2 saturated heterocycles. The Balaban J connectivity index is 1.81. The highest BCUT2D eigenvalue weighted by atomic mass is 16.5. The third-order valence-electron chi connectivity index (χ3n) is 4.71. The Labute approximate surface area is 136 Å². The van der Waals surface area contributed by atoms with Gasteiger partial charge < -0.3 is 15.0 Å². The summed E-state index contributed by atoms with van der Waals surface area (Å²) in [6, 6.07) is 7.06. The van der Waals surface area contributed by atoms with Crippen LogP contribution in [-0.4, -0.2) is 42.0 Å². The summed E-state index contributed by atoms with van der Waals surface area (Å²) < 4.78 is 5.65. The number of benzene rings is 1. The summed E-state index contributed by atoms with van der Waals surface area (Å²) >= 11 is 0. The van der Waals surface area contributed by atoms with E-state index in [0.717, 1.165) is 38.8 Å². The average Bonchev–Trinajstić information content (AvgIpc) is 2.97. The number of anilines is 1. The van der Waals surface area contributed by atoms with E-state index in [0.29, 0.717) is 17.9 Å². The molecule has 1 spiro atoms. The van der Waals surface area contributed by atoms with Gasteiger partial charge in [-0.25, -0.2) is 0 Å². The topological polar surface area (TPSA) is 58.6 Å². The molecule has 0 bridgehead atoms. The van der Waals surface area contributed by atoms with Crippen molar-refractivity contribution in [1.29, 1.82) is 0 Å².